The molecule has 0 spiro atoms. The molecule has 1 fully saturated rings. The number of hydrogen-bond acceptors (Lipinski definition) is 4. The molecule has 0 bridgehead atoms. The topological polar surface area (TPSA) is 70.7 Å². The molecular formula is C19H29N3O3. The Balaban J connectivity index is 2.05. The van der Waals surface area contributed by atoms with Gasteiger partial charge in [-0.3, -0.25) is 9.59 Å². The van der Waals surface area contributed by atoms with Gasteiger partial charge in [0.15, 0.2) is 0 Å². The van der Waals surface area contributed by atoms with Crippen LogP contribution in [0.1, 0.15) is 36.5 Å². The van der Waals surface area contributed by atoms with E-state index in [2.05, 4.69) is 17.6 Å². The molecule has 1 saturated heterocycles. The quantitative estimate of drug-likeness (QED) is 0.829. The Morgan fingerprint density at radius 1 is 1.40 bits per heavy atom. The Kier molecular flexibility index (Phi) is 6.82. The van der Waals surface area contributed by atoms with Crippen LogP contribution < -0.4 is 15.4 Å². The number of amides is 2. The zero-order chi connectivity index (χ0) is 18.4. The van der Waals surface area contributed by atoms with Gasteiger partial charge >= 0.3 is 0 Å². The van der Waals surface area contributed by atoms with Crippen LogP contribution in [0.25, 0.3) is 0 Å². The molecule has 0 aromatic heterocycles. The lowest BCUT2D eigenvalue weighted by atomic mass is 9.85. The second-order valence-electron chi connectivity index (χ2n) is 6.95. The highest BCUT2D eigenvalue weighted by molar-refractivity contribution is 5.98. The zero-order valence-corrected chi connectivity index (χ0v) is 15.6. The summed E-state index contributed by atoms with van der Waals surface area (Å²) in [6.45, 7) is 4.17. The Bertz CT molecular complexity index is 610. The number of hydrogen-bond donors (Lipinski definition) is 2. The first-order valence-electron chi connectivity index (χ1n) is 8.82. The summed E-state index contributed by atoms with van der Waals surface area (Å²) in [5.74, 6) is 1.23. The lowest BCUT2D eigenvalue weighted by Crippen LogP contribution is -2.34. The largest absolute Gasteiger partial charge is 0.495 e. The normalized spacial score (nSPS) is 18.3. The molecular weight excluding hydrogens is 318 g/mol. The van der Waals surface area contributed by atoms with Crippen LogP contribution in [0.2, 0.25) is 0 Å². The van der Waals surface area contributed by atoms with E-state index in [9.17, 15) is 9.59 Å². The van der Waals surface area contributed by atoms with Gasteiger partial charge in [-0.25, -0.2) is 0 Å². The molecule has 0 saturated carbocycles. The summed E-state index contributed by atoms with van der Waals surface area (Å²) in [5, 5.41) is 6.30. The minimum atomic E-state index is -0.111. The van der Waals surface area contributed by atoms with Crippen LogP contribution in [-0.4, -0.2) is 51.0 Å². The highest BCUT2D eigenvalue weighted by atomic mass is 16.5. The van der Waals surface area contributed by atoms with E-state index in [1.165, 1.54) is 11.3 Å². The summed E-state index contributed by atoms with van der Waals surface area (Å²) >= 11 is 0. The predicted octanol–water partition coefficient (Wildman–Crippen LogP) is 2.36. The van der Waals surface area contributed by atoms with Crippen LogP contribution in [0.15, 0.2) is 18.2 Å². The number of benzene rings is 1. The molecule has 0 aliphatic carbocycles. The van der Waals surface area contributed by atoms with Crippen LogP contribution in [-0.2, 0) is 4.79 Å². The van der Waals surface area contributed by atoms with Gasteiger partial charge in [-0.2, -0.15) is 0 Å². The molecule has 2 N–H and O–H groups in total. The Labute approximate surface area is 149 Å². The van der Waals surface area contributed by atoms with Crippen molar-refractivity contribution in [1.82, 2.24) is 10.2 Å². The maximum atomic E-state index is 12.5. The number of rotatable bonds is 6. The van der Waals surface area contributed by atoms with E-state index in [4.69, 9.17) is 4.74 Å². The molecule has 138 valence electrons. The van der Waals surface area contributed by atoms with Gasteiger partial charge in [-0.05, 0) is 56.0 Å². The van der Waals surface area contributed by atoms with E-state index in [1.54, 1.807) is 39.4 Å². The molecule has 2 rings (SSSR count). The van der Waals surface area contributed by atoms with Crippen molar-refractivity contribution in [3.63, 3.8) is 0 Å². The fourth-order valence-corrected chi connectivity index (χ4v) is 3.22. The highest BCUT2D eigenvalue weighted by Crippen LogP contribution is 2.28. The predicted molar refractivity (Wildman–Crippen MR) is 99.0 cm³/mol. The minimum absolute atomic E-state index is 0.0502. The molecule has 1 aliphatic rings. The van der Waals surface area contributed by atoms with E-state index >= 15 is 0 Å². The van der Waals surface area contributed by atoms with Crippen molar-refractivity contribution in [1.29, 1.82) is 0 Å². The van der Waals surface area contributed by atoms with Crippen molar-refractivity contribution < 1.29 is 14.3 Å². The number of ether oxygens (including phenoxy) is 1. The van der Waals surface area contributed by atoms with E-state index < -0.39 is 0 Å². The maximum Gasteiger partial charge on any atom is 0.253 e. The highest BCUT2D eigenvalue weighted by Gasteiger charge is 2.22. The Hall–Kier alpha value is -2.08. The second kappa shape index (κ2) is 8.85. The molecule has 1 aromatic carbocycles. The lowest BCUT2D eigenvalue weighted by molar-refractivity contribution is -0.117. The van der Waals surface area contributed by atoms with Crippen molar-refractivity contribution in [3.05, 3.63) is 23.8 Å². The van der Waals surface area contributed by atoms with E-state index in [0.717, 1.165) is 19.5 Å². The van der Waals surface area contributed by atoms with Crippen molar-refractivity contribution in [2.75, 3.05) is 39.6 Å². The SMILES string of the molecule is COc1ccc(C(=O)N(C)C)cc1NC(=O)CC(C)C1CCCNC1. The van der Waals surface area contributed by atoms with E-state index in [0.29, 0.717) is 35.3 Å². The van der Waals surface area contributed by atoms with Crippen molar-refractivity contribution in [2.24, 2.45) is 11.8 Å². The number of anilines is 1. The molecule has 2 amide bonds. The standard InChI is InChI=1S/C19H29N3O3/c1-13(15-6-5-9-20-12-15)10-18(23)21-16-11-14(19(24)22(2)3)7-8-17(16)25-4/h7-8,11,13,15,20H,5-6,9-10,12H2,1-4H3,(H,21,23). The van der Waals surface area contributed by atoms with Crippen LogP contribution in [0, 0.1) is 11.8 Å². The summed E-state index contributed by atoms with van der Waals surface area (Å²) in [4.78, 5) is 26.1. The molecule has 1 aromatic rings. The number of methoxy groups -OCH3 is 1. The molecule has 25 heavy (non-hydrogen) atoms. The second-order valence-corrected chi connectivity index (χ2v) is 6.95. The fraction of sp³-hybridized carbons (Fsp3) is 0.579. The summed E-state index contributed by atoms with van der Waals surface area (Å²) in [5.41, 5.74) is 1.06. The van der Waals surface area contributed by atoms with Gasteiger partial charge in [0.05, 0.1) is 12.8 Å². The van der Waals surface area contributed by atoms with Crippen LogP contribution in [0.3, 0.4) is 0 Å². The van der Waals surface area contributed by atoms with Crippen LogP contribution >= 0.6 is 0 Å². The summed E-state index contributed by atoms with van der Waals surface area (Å²) in [6, 6.07) is 5.08. The van der Waals surface area contributed by atoms with Crippen LogP contribution in [0.4, 0.5) is 5.69 Å². The third-order valence-corrected chi connectivity index (χ3v) is 4.77. The maximum absolute atomic E-state index is 12.5. The first kappa shape index (κ1) is 19.2. The lowest BCUT2D eigenvalue weighted by Gasteiger charge is -2.28. The summed E-state index contributed by atoms with van der Waals surface area (Å²) in [7, 11) is 4.95. The molecule has 2 unspecified atom stereocenters. The van der Waals surface area contributed by atoms with Crippen molar-refractivity contribution in [3.8, 4) is 5.75 Å². The average molecular weight is 347 g/mol. The number of nitrogens with one attached hydrogen (secondary N) is 2. The number of carbonyl (C=O) groups excluding carboxylic acids is 2. The van der Waals surface area contributed by atoms with Crippen molar-refractivity contribution in [2.45, 2.75) is 26.2 Å². The Morgan fingerprint density at radius 2 is 2.16 bits per heavy atom. The molecule has 1 heterocycles. The van der Waals surface area contributed by atoms with Gasteiger partial charge in [-0.15, -0.1) is 0 Å². The fourth-order valence-electron chi connectivity index (χ4n) is 3.22. The monoisotopic (exact) mass is 347 g/mol. The molecule has 2 atom stereocenters. The van der Waals surface area contributed by atoms with E-state index in [1.807, 2.05) is 0 Å². The van der Waals surface area contributed by atoms with Crippen molar-refractivity contribution >= 4 is 17.5 Å². The number of piperidine rings is 1. The van der Waals surface area contributed by atoms with Crippen LogP contribution in [0.5, 0.6) is 5.75 Å². The number of carbonyl (C=O) groups is 2. The van der Waals surface area contributed by atoms with Gasteiger partial charge < -0.3 is 20.3 Å². The van der Waals surface area contributed by atoms with Gasteiger partial charge in [0.2, 0.25) is 5.91 Å². The van der Waals surface area contributed by atoms with Gasteiger partial charge in [-0.1, -0.05) is 6.92 Å². The molecule has 6 heteroatoms. The summed E-state index contributed by atoms with van der Waals surface area (Å²) in [6.07, 6.45) is 2.79. The Morgan fingerprint density at radius 3 is 2.76 bits per heavy atom. The first-order valence-corrected chi connectivity index (χ1v) is 8.82. The third-order valence-electron chi connectivity index (χ3n) is 4.77. The smallest absolute Gasteiger partial charge is 0.253 e. The first-order chi connectivity index (χ1) is 11.9. The van der Waals surface area contributed by atoms with Gasteiger partial charge in [0.1, 0.15) is 5.75 Å². The average Bonchev–Trinajstić information content (AvgIpc) is 2.61. The molecule has 0 radical (unpaired) electrons. The zero-order valence-electron chi connectivity index (χ0n) is 15.6. The van der Waals surface area contributed by atoms with E-state index in [-0.39, 0.29) is 11.8 Å². The van der Waals surface area contributed by atoms with Gasteiger partial charge in [0.25, 0.3) is 5.91 Å². The number of nitrogens with zero attached hydrogens (tertiary/aromatic N) is 1. The molecule has 1 aliphatic heterocycles. The minimum Gasteiger partial charge on any atom is -0.495 e. The van der Waals surface area contributed by atoms with Gasteiger partial charge in [0, 0.05) is 26.1 Å². The third kappa shape index (κ3) is 5.19. The summed E-state index contributed by atoms with van der Waals surface area (Å²) < 4.78 is 5.31. The molecule has 6 nitrogen and oxygen atoms in total.